The molecule has 1 atom stereocenters. The molecule has 0 amide bonds. The molecule has 104 valence electrons. The van der Waals surface area contributed by atoms with E-state index in [0.717, 1.165) is 5.56 Å². The molecular weight excluding hydrogens is 258 g/mol. The zero-order valence-corrected chi connectivity index (χ0v) is 12.8. The van der Waals surface area contributed by atoms with Gasteiger partial charge in [-0.3, -0.25) is 0 Å². The van der Waals surface area contributed by atoms with E-state index in [1.807, 2.05) is 32.9 Å². The molecule has 19 heavy (non-hydrogen) atoms. The normalized spacial score (nSPS) is 13.3. The summed E-state index contributed by atoms with van der Waals surface area (Å²) >= 11 is 0. The van der Waals surface area contributed by atoms with Gasteiger partial charge in [0.25, 0.3) is 0 Å². The van der Waals surface area contributed by atoms with Gasteiger partial charge < -0.3 is 0 Å². The quantitative estimate of drug-likeness (QED) is 0.830. The number of hydrogen-bond donors (Lipinski definition) is 0. The fourth-order valence-electron chi connectivity index (χ4n) is 2.40. The predicted molar refractivity (Wildman–Crippen MR) is 76.6 cm³/mol. The van der Waals surface area contributed by atoms with E-state index in [9.17, 15) is 13.7 Å². The first-order valence-corrected chi connectivity index (χ1v) is 8.13. The maximum Gasteiger partial charge on any atom is 0.195 e. The first-order valence-electron chi connectivity index (χ1n) is 6.59. The zero-order chi connectivity index (χ0) is 14.6. The number of rotatable bonds is 5. The maximum atomic E-state index is 12.6. The standard InChI is InChI=1S/C15H21NO2S/c1-5-13(6-2)15(10-16)19(17,18)14-8-7-11(3)9-12(14)4/h7-9,13,15H,5-6H2,1-4H3. The summed E-state index contributed by atoms with van der Waals surface area (Å²) in [5, 5.41) is 8.32. The van der Waals surface area contributed by atoms with Gasteiger partial charge in [0.1, 0.15) is 0 Å². The molecule has 0 bridgehead atoms. The highest BCUT2D eigenvalue weighted by Gasteiger charge is 2.33. The van der Waals surface area contributed by atoms with Crippen molar-refractivity contribution in [3.63, 3.8) is 0 Å². The van der Waals surface area contributed by atoms with Crippen molar-refractivity contribution in [2.75, 3.05) is 0 Å². The van der Waals surface area contributed by atoms with Gasteiger partial charge in [-0.25, -0.2) is 8.42 Å². The van der Waals surface area contributed by atoms with Gasteiger partial charge in [0.2, 0.25) is 0 Å². The fraction of sp³-hybridized carbons (Fsp3) is 0.533. The van der Waals surface area contributed by atoms with Crippen LogP contribution in [-0.4, -0.2) is 13.7 Å². The van der Waals surface area contributed by atoms with E-state index in [4.69, 9.17) is 0 Å². The minimum Gasteiger partial charge on any atom is -0.222 e. The van der Waals surface area contributed by atoms with E-state index >= 15 is 0 Å². The lowest BCUT2D eigenvalue weighted by Crippen LogP contribution is -2.28. The van der Waals surface area contributed by atoms with Crippen LogP contribution in [0.3, 0.4) is 0 Å². The Morgan fingerprint density at radius 2 is 1.79 bits per heavy atom. The smallest absolute Gasteiger partial charge is 0.195 e. The van der Waals surface area contributed by atoms with Crippen LogP contribution in [0.25, 0.3) is 0 Å². The average Bonchev–Trinajstić information content (AvgIpc) is 2.34. The molecule has 1 unspecified atom stereocenters. The molecule has 1 rings (SSSR count). The summed E-state index contributed by atoms with van der Waals surface area (Å²) in [6, 6.07) is 7.23. The van der Waals surface area contributed by atoms with Crippen LogP contribution in [0.15, 0.2) is 23.1 Å². The van der Waals surface area contributed by atoms with Gasteiger partial charge in [0.05, 0.1) is 11.0 Å². The Balaban J connectivity index is 3.33. The largest absolute Gasteiger partial charge is 0.222 e. The number of sulfone groups is 1. The second kappa shape index (κ2) is 6.21. The minimum atomic E-state index is -3.58. The van der Waals surface area contributed by atoms with Gasteiger partial charge in [-0.1, -0.05) is 44.4 Å². The van der Waals surface area contributed by atoms with Crippen LogP contribution in [0.1, 0.15) is 37.8 Å². The molecule has 0 saturated carbocycles. The van der Waals surface area contributed by atoms with E-state index < -0.39 is 15.1 Å². The second-order valence-electron chi connectivity index (χ2n) is 4.94. The third-order valence-electron chi connectivity index (χ3n) is 3.58. The Kier molecular flexibility index (Phi) is 5.13. The summed E-state index contributed by atoms with van der Waals surface area (Å²) < 4.78 is 25.3. The van der Waals surface area contributed by atoms with Crippen LogP contribution in [0, 0.1) is 31.1 Å². The van der Waals surface area contributed by atoms with E-state index in [0.29, 0.717) is 18.4 Å². The summed E-state index contributed by atoms with van der Waals surface area (Å²) in [6.45, 7) is 7.55. The van der Waals surface area contributed by atoms with Crippen molar-refractivity contribution in [1.82, 2.24) is 0 Å². The third-order valence-corrected chi connectivity index (χ3v) is 5.81. The molecule has 0 radical (unpaired) electrons. The SMILES string of the molecule is CCC(CC)C(C#N)S(=O)(=O)c1ccc(C)cc1C. The van der Waals surface area contributed by atoms with E-state index in [-0.39, 0.29) is 10.8 Å². The second-order valence-corrected chi connectivity index (χ2v) is 6.98. The molecule has 0 heterocycles. The Morgan fingerprint density at radius 3 is 2.21 bits per heavy atom. The van der Waals surface area contributed by atoms with Crippen LogP contribution in [0.4, 0.5) is 0 Å². The van der Waals surface area contributed by atoms with Gasteiger partial charge in [-0.2, -0.15) is 5.26 Å². The Labute approximate surface area is 116 Å². The Morgan fingerprint density at radius 1 is 1.21 bits per heavy atom. The van der Waals surface area contributed by atoms with Crippen LogP contribution >= 0.6 is 0 Å². The number of hydrogen-bond acceptors (Lipinski definition) is 3. The molecule has 1 aromatic carbocycles. The highest BCUT2D eigenvalue weighted by molar-refractivity contribution is 7.92. The molecule has 3 nitrogen and oxygen atoms in total. The van der Waals surface area contributed by atoms with E-state index in [2.05, 4.69) is 0 Å². The number of aryl methyl sites for hydroxylation is 2. The first-order chi connectivity index (χ1) is 8.88. The van der Waals surface area contributed by atoms with Crippen molar-refractivity contribution >= 4 is 9.84 Å². The molecule has 1 aromatic rings. The summed E-state index contributed by atoms with van der Waals surface area (Å²) in [7, 11) is -3.58. The topological polar surface area (TPSA) is 57.9 Å². The molecule has 0 N–H and O–H groups in total. The molecular formula is C15H21NO2S. The summed E-state index contributed by atoms with van der Waals surface area (Å²) in [4.78, 5) is 0.288. The maximum absolute atomic E-state index is 12.6. The highest BCUT2D eigenvalue weighted by atomic mass is 32.2. The lowest BCUT2D eigenvalue weighted by atomic mass is 10.0. The van der Waals surface area contributed by atoms with Crippen LogP contribution < -0.4 is 0 Å². The first kappa shape index (κ1) is 15.7. The molecule has 0 aliphatic carbocycles. The van der Waals surface area contributed by atoms with Gasteiger partial charge in [-0.15, -0.1) is 0 Å². The summed E-state index contributed by atoms with van der Waals surface area (Å²) in [6.07, 6.45) is 1.39. The van der Waals surface area contributed by atoms with Crippen molar-refractivity contribution in [2.24, 2.45) is 5.92 Å². The molecule has 0 fully saturated rings. The van der Waals surface area contributed by atoms with Crippen molar-refractivity contribution < 1.29 is 8.42 Å². The van der Waals surface area contributed by atoms with Crippen LogP contribution in [0.5, 0.6) is 0 Å². The third kappa shape index (κ3) is 3.16. The molecule has 0 aromatic heterocycles. The zero-order valence-electron chi connectivity index (χ0n) is 12.0. The number of benzene rings is 1. The molecule has 0 aliphatic heterocycles. The van der Waals surface area contributed by atoms with E-state index in [1.165, 1.54) is 0 Å². The van der Waals surface area contributed by atoms with Gasteiger partial charge in [0.15, 0.2) is 15.1 Å². The van der Waals surface area contributed by atoms with Crippen molar-refractivity contribution in [3.05, 3.63) is 29.3 Å². The molecule has 0 aliphatic rings. The minimum absolute atomic E-state index is 0.115. The highest BCUT2D eigenvalue weighted by Crippen LogP contribution is 2.27. The fourth-order valence-corrected chi connectivity index (χ4v) is 4.47. The molecule has 4 heteroatoms. The van der Waals surface area contributed by atoms with Gasteiger partial charge in [-0.05, 0) is 31.4 Å². The van der Waals surface area contributed by atoms with Gasteiger partial charge >= 0.3 is 0 Å². The average molecular weight is 279 g/mol. The lowest BCUT2D eigenvalue weighted by molar-refractivity contribution is 0.486. The summed E-state index contributed by atoms with van der Waals surface area (Å²) in [5.74, 6) is -0.115. The Hall–Kier alpha value is -1.34. The lowest BCUT2D eigenvalue weighted by Gasteiger charge is -2.20. The Bertz CT molecular complexity index is 581. The molecule has 0 saturated heterocycles. The monoisotopic (exact) mass is 279 g/mol. The number of nitriles is 1. The van der Waals surface area contributed by atoms with Crippen molar-refractivity contribution in [3.8, 4) is 6.07 Å². The predicted octanol–water partition coefficient (Wildman–Crippen LogP) is 3.41. The van der Waals surface area contributed by atoms with Crippen LogP contribution in [0.2, 0.25) is 0 Å². The van der Waals surface area contributed by atoms with Crippen molar-refractivity contribution in [2.45, 2.75) is 50.7 Å². The van der Waals surface area contributed by atoms with Crippen LogP contribution in [-0.2, 0) is 9.84 Å². The molecule has 0 spiro atoms. The van der Waals surface area contributed by atoms with Gasteiger partial charge in [0, 0.05) is 0 Å². The van der Waals surface area contributed by atoms with Crippen molar-refractivity contribution in [1.29, 1.82) is 5.26 Å². The van der Waals surface area contributed by atoms with E-state index in [1.54, 1.807) is 19.1 Å². The summed E-state index contributed by atoms with van der Waals surface area (Å²) in [5.41, 5.74) is 1.73. The number of nitrogens with zero attached hydrogens (tertiary/aromatic N) is 1.